The second-order valence-corrected chi connectivity index (χ2v) is 7.16. The molecule has 0 saturated carbocycles. The average molecular weight is 376 g/mol. The first-order valence-electron chi connectivity index (χ1n) is 9.28. The van der Waals surface area contributed by atoms with Crippen molar-refractivity contribution in [1.82, 2.24) is 14.8 Å². The lowest BCUT2D eigenvalue weighted by Crippen LogP contribution is -2.33. The van der Waals surface area contributed by atoms with Crippen molar-refractivity contribution in [2.75, 3.05) is 12.4 Å². The number of anilines is 1. The monoisotopic (exact) mass is 376 g/mol. The summed E-state index contributed by atoms with van der Waals surface area (Å²) in [5.41, 5.74) is 2.63. The van der Waals surface area contributed by atoms with Crippen molar-refractivity contribution in [2.24, 2.45) is 0 Å². The molecule has 1 aromatic carbocycles. The van der Waals surface area contributed by atoms with E-state index in [4.69, 9.17) is 9.15 Å². The summed E-state index contributed by atoms with van der Waals surface area (Å²) in [6, 6.07) is 11.2. The summed E-state index contributed by atoms with van der Waals surface area (Å²) in [5, 5.41) is 7.90. The number of hydrogen-bond donors (Lipinski definition) is 1. The fourth-order valence-electron chi connectivity index (χ4n) is 4.14. The van der Waals surface area contributed by atoms with E-state index >= 15 is 0 Å². The van der Waals surface area contributed by atoms with Crippen LogP contribution in [0, 0.1) is 6.92 Å². The van der Waals surface area contributed by atoms with Gasteiger partial charge in [0.1, 0.15) is 23.4 Å². The Balaban J connectivity index is 1.61. The number of aromatic nitrogens is 3. The number of aryl methyl sites for hydroxylation is 1. The Hall–Kier alpha value is -3.35. The van der Waals surface area contributed by atoms with Gasteiger partial charge in [0, 0.05) is 23.6 Å². The van der Waals surface area contributed by atoms with Crippen molar-refractivity contribution in [1.29, 1.82) is 0 Å². The summed E-state index contributed by atoms with van der Waals surface area (Å²) in [5.74, 6) is 3.07. The zero-order valence-electron chi connectivity index (χ0n) is 15.7. The van der Waals surface area contributed by atoms with Crippen LogP contribution in [0.2, 0.25) is 0 Å². The van der Waals surface area contributed by atoms with E-state index in [0.717, 1.165) is 28.3 Å². The van der Waals surface area contributed by atoms with Gasteiger partial charge in [-0.05, 0) is 43.2 Å². The van der Waals surface area contributed by atoms with E-state index in [1.54, 1.807) is 18.1 Å². The number of furan rings is 1. The number of nitrogens with one attached hydrogen (secondary N) is 1. The largest absolute Gasteiger partial charge is 0.497 e. The summed E-state index contributed by atoms with van der Waals surface area (Å²) in [6.45, 7) is 1.85. The van der Waals surface area contributed by atoms with Gasteiger partial charge in [-0.1, -0.05) is 12.1 Å². The maximum Gasteiger partial charge on any atom is 0.226 e. The Labute approximate surface area is 162 Å². The van der Waals surface area contributed by atoms with Crippen LogP contribution in [0.4, 0.5) is 5.95 Å². The Kier molecular flexibility index (Phi) is 3.82. The summed E-state index contributed by atoms with van der Waals surface area (Å²) >= 11 is 0. The van der Waals surface area contributed by atoms with Crippen LogP contribution in [-0.2, 0) is 4.79 Å². The van der Waals surface area contributed by atoms with E-state index in [1.807, 2.05) is 43.3 Å². The van der Waals surface area contributed by atoms with Gasteiger partial charge in [0.15, 0.2) is 5.78 Å². The van der Waals surface area contributed by atoms with Crippen LogP contribution < -0.4 is 10.1 Å². The third-order valence-electron chi connectivity index (χ3n) is 5.40. The molecule has 1 N–H and O–H groups in total. The Morgan fingerprint density at radius 3 is 2.75 bits per heavy atom. The van der Waals surface area contributed by atoms with Gasteiger partial charge >= 0.3 is 0 Å². The fraction of sp³-hybridized carbons (Fsp3) is 0.286. The van der Waals surface area contributed by atoms with Crippen molar-refractivity contribution < 1.29 is 13.9 Å². The Morgan fingerprint density at radius 1 is 1.21 bits per heavy atom. The molecule has 2 aromatic heterocycles. The van der Waals surface area contributed by atoms with Gasteiger partial charge in [-0.25, -0.2) is 4.68 Å². The van der Waals surface area contributed by atoms with Gasteiger partial charge in [-0.15, -0.1) is 0 Å². The number of benzene rings is 1. The first-order valence-corrected chi connectivity index (χ1v) is 9.28. The number of carbonyl (C=O) groups is 1. The maximum absolute atomic E-state index is 13.2. The van der Waals surface area contributed by atoms with Crippen LogP contribution in [0.1, 0.15) is 41.9 Å². The highest BCUT2D eigenvalue weighted by molar-refractivity contribution is 6.00. The van der Waals surface area contributed by atoms with Gasteiger partial charge < -0.3 is 14.5 Å². The number of nitrogens with zero attached hydrogens (tertiary/aromatic N) is 3. The highest BCUT2D eigenvalue weighted by atomic mass is 16.5. The van der Waals surface area contributed by atoms with Gasteiger partial charge in [0.25, 0.3) is 0 Å². The molecule has 0 radical (unpaired) electrons. The number of ether oxygens (including phenoxy) is 1. The number of ketones is 1. The molecule has 142 valence electrons. The minimum Gasteiger partial charge on any atom is -0.497 e. The number of Topliss-reactive ketones (excluding diaryl/α,β-unsaturated/α-hetero) is 1. The Morgan fingerprint density at radius 2 is 2.04 bits per heavy atom. The van der Waals surface area contributed by atoms with Gasteiger partial charge in [-0.3, -0.25) is 4.79 Å². The van der Waals surface area contributed by atoms with E-state index in [2.05, 4.69) is 15.4 Å². The van der Waals surface area contributed by atoms with E-state index in [1.165, 1.54) is 0 Å². The van der Waals surface area contributed by atoms with Gasteiger partial charge in [0.2, 0.25) is 5.95 Å². The molecule has 0 spiro atoms. The number of hydrogen-bond acceptors (Lipinski definition) is 6. The predicted octanol–water partition coefficient (Wildman–Crippen LogP) is 3.60. The molecule has 0 unspecified atom stereocenters. The topological polar surface area (TPSA) is 82.2 Å². The highest BCUT2D eigenvalue weighted by Gasteiger charge is 2.40. The van der Waals surface area contributed by atoms with Gasteiger partial charge in [-0.2, -0.15) is 10.1 Å². The van der Waals surface area contributed by atoms with Crippen LogP contribution in [0.5, 0.6) is 5.75 Å². The van der Waals surface area contributed by atoms with Crippen molar-refractivity contribution in [3.8, 4) is 5.75 Å². The summed E-state index contributed by atoms with van der Waals surface area (Å²) < 4.78 is 12.6. The number of carbonyl (C=O) groups excluding carboxylic acids is 1. The molecule has 3 aromatic rings. The third-order valence-corrected chi connectivity index (χ3v) is 5.40. The molecule has 1 aliphatic heterocycles. The van der Waals surface area contributed by atoms with Crippen LogP contribution >= 0.6 is 0 Å². The van der Waals surface area contributed by atoms with E-state index < -0.39 is 0 Å². The maximum atomic E-state index is 13.2. The van der Waals surface area contributed by atoms with Crippen molar-refractivity contribution >= 4 is 11.7 Å². The lowest BCUT2D eigenvalue weighted by molar-refractivity contribution is -0.117. The molecular weight excluding hydrogens is 356 g/mol. The zero-order chi connectivity index (χ0) is 19.3. The number of fused-ring (bicyclic) bond motifs is 1. The summed E-state index contributed by atoms with van der Waals surface area (Å²) in [7, 11) is 1.64. The molecule has 0 amide bonds. The quantitative estimate of drug-likeness (QED) is 0.752. The van der Waals surface area contributed by atoms with Crippen molar-refractivity contribution in [3.05, 3.63) is 71.1 Å². The normalized spacial score (nSPS) is 21.1. The van der Waals surface area contributed by atoms with E-state index in [9.17, 15) is 4.79 Å². The molecule has 3 heterocycles. The smallest absolute Gasteiger partial charge is 0.226 e. The molecule has 7 nitrogen and oxygen atoms in total. The molecule has 2 atom stereocenters. The van der Waals surface area contributed by atoms with Crippen LogP contribution in [0.15, 0.2) is 58.3 Å². The second-order valence-electron chi connectivity index (χ2n) is 7.16. The summed E-state index contributed by atoms with van der Waals surface area (Å²) in [6.07, 6.45) is 2.77. The van der Waals surface area contributed by atoms with E-state index in [-0.39, 0.29) is 17.7 Å². The highest BCUT2D eigenvalue weighted by Crippen LogP contribution is 2.44. The third kappa shape index (κ3) is 2.62. The lowest BCUT2D eigenvalue weighted by Gasteiger charge is -2.34. The molecule has 0 saturated heterocycles. The minimum atomic E-state index is -0.302. The number of rotatable bonds is 3. The Bertz CT molecular complexity index is 1060. The number of methoxy groups -OCH3 is 1. The fourth-order valence-corrected chi connectivity index (χ4v) is 4.14. The average Bonchev–Trinajstić information content (AvgIpc) is 3.35. The molecule has 0 fully saturated rings. The first-order chi connectivity index (χ1) is 13.6. The molecular formula is C21H20N4O3. The number of allylic oxidation sites excluding steroid dienone is 2. The van der Waals surface area contributed by atoms with Crippen LogP contribution in [0.3, 0.4) is 0 Å². The molecule has 7 heteroatoms. The lowest BCUT2D eigenvalue weighted by atomic mass is 9.79. The van der Waals surface area contributed by atoms with Crippen LogP contribution in [-0.4, -0.2) is 27.7 Å². The van der Waals surface area contributed by atoms with Crippen molar-refractivity contribution in [3.63, 3.8) is 0 Å². The standard InChI is InChI=1S/C21H20N4O3/c1-12-22-21-23-16-10-14(18-4-3-9-28-18)11-17(26)19(16)20(25(21)24-12)13-5-7-15(27-2)8-6-13/h3-9,14,20H,10-11H2,1-2H3,(H,22,23,24)/t14-,20-/m0/s1. The first kappa shape index (κ1) is 16.8. The summed E-state index contributed by atoms with van der Waals surface area (Å²) in [4.78, 5) is 17.7. The second kappa shape index (κ2) is 6.37. The molecule has 2 aliphatic rings. The minimum absolute atomic E-state index is 0.0286. The molecule has 5 rings (SSSR count). The molecule has 28 heavy (non-hydrogen) atoms. The van der Waals surface area contributed by atoms with Crippen LogP contribution in [0.25, 0.3) is 0 Å². The van der Waals surface area contributed by atoms with E-state index in [0.29, 0.717) is 24.6 Å². The SMILES string of the molecule is COc1ccc([C@H]2C3=C(C[C@H](c4ccco4)CC3=O)Nc3nc(C)nn32)cc1. The van der Waals surface area contributed by atoms with Gasteiger partial charge in [0.05, 0.1) is 13.4 Å². The predicted molar refractivity (Wildman–Crippen MR) is 102 cm³/mol. The van der Waals surface area contributed by atoms with Crippen molar-refractivity contribution in [2.45, 2.75) is 31.7 Å². The molecule has 0 bridgehead atoms. The molecule has 1 aliphatic carbocycles. The zero-order valence-corrected chi connectivity index (χ0v) is 15.7.